The normalized spacial score (nSPS) is 8.58. The Hall–Kier alpha value is -1.32. The SMILES string of the molecule is N#Cc1ccc(C#N)c(CBr)c1. The summed E-state index contributed by atoms with van der Waals surface area (Å²) < 4.78 is 0. The Kier molecular flexibility index (Phi) is 2.85. The minimum Gasteiger partial charge on any atom is -0.192 e. The smallest absolute Gasteiger partial charge is 0.0994 e. The second kappa shape index (κ2) is 3.90. The summed E-state index contributed by atoms with van der Waals surface area (Å²) in [6, 6.07) is 9.10. The largest absolute Gasteiger partial charge is 0.192 e. The number of benzene rings is 1. The molecule has 12 heavy (non-hydrogen) atoms. The van der Waals surface area contributed by atoms with Crippen molar-refractivity contribution in [2.75, 3.05) is 0 Å². The quantitative estimate of drug-likeness (QED) is 0.683. The maximum atomic E-state index is 8.66. The Morgan fingerprint density at radius 3 is 2.50 bits per heavy atom. The van der Waals surface area contributed by atoms with Crippen molar-refractivity contribution in [2.45, 2.75) is 5.33 Å². The van der Waals surface area contributed by atoms with E-state index >= 15 is 0 Å². The third-order valence-corrected chi connectivity index (χ3v) is 2.10. The molecule has 0 heterocycles. The van der Waals surface area contributed by atoms with E-state index < -0.39 is 0 Å². The van der Waals surface area contributed by atoms with Crippen molar-refractivity contribution in [3.05, 3.63) is 34.9 Å². The van der Waals surface area contributed by atoms with Crippen molar-refractivity contribution in [2.24, 2.45) is 0 Å². The molecule has 1 aromatic rings. The highest BCUT2D eigenvalue weighted by atomic mass is 79.9. The summed E-state index contributed by atoms with van der Waals surface area (Å²) in [5, 5.41) is 17.8. The summed E-state index contributed by atoms with van der Waals surface area (Å²) in [5.41, 5.74) is 2.06. The van der Waals surface area contributed by atoms with Crippen LogP contribution in [0, 0.1) is 22.7 Å². The van der Waals surface area contributed by atoms with Gasteiger partial charge in [0.15, 0.2) is 0 Å². The van der Waals surface area contributed by atoms with E-state index in [0.29, 0.717) is 16.5 Å². The van der Waals surface area contributed by atoms with Crippen LogP contribution in [-0.4, -0.2) is 0 Å². The van der Waals surface area contributed by atoms with Crippen LogP contribution >= 0.6 is 15.9 Å². The van der Waals surface area contributed by atoms with Gasteiger partial charge in [0, 0.05) is 5.33 Å². The Morgan fingerprint density at radius 1 is 1.25 bits per heavy atom. The Balaban J connectivity index is 3.24. The van der Waals surface area contributed by atoms with Crippen molar-refractivity contribution in [3.63, 3.8) is 0 Å². The highest BCUT2D eigenvalue weighted by Crippen LogP contribution is 2.13. The molecule has 1 aromatic carbocycles. The Morgan fingerprint density at radius 2 is 2.00 bits per heavy atom. The van der Waals surface area contributed by atoms with E-state index in [1.165, 1.54) is 0 Å². The highest BCUT2D eigenvalue weighted by Gasteiger charge is 2.00. The summed E-state index contributed by atoms with van der Waals surface area (Å²) >= 11 is 3.25. The van der Waals surface area contributed by atoms with Crippen molar-refractivity contribution in [1.29, 1.82) is 10.5 Å². The van der Waals surface area contributed by atoms with Gasteiger partial charge in [-0.25, -0.2) is 0 Å². The molecule has 1 rings (SSSR count). The lowest BCUT2D eigenvalue weighted by Gasteiger charge is -1.98. The topological polar surface area (TPSA) is 47.6 Å². The van der Waals surface area contributed by atoms with Gasteiger partial charge >= 0.3 is 0 Å². The molecule has 3 heteroatoms. The molecule has 0 aromatic heterocycles. The molecule has 0 aliphatic heterocycles. The monoisotopic (exact) mass is 220 g/mol. The molecular weight excluding hydrogens is 216 g/mol. The van der Waals surface area contributed by atoms with Gasteiger partial charge in [-0.15, -0.1) is 0 Å². The van der Waals surface area contributed by atoms with Crippen molar-refractivity contribution < 1.29 is 0 Å². The maximum absolute atomic E-state index is 8.66. The van der Waals surface area contributed by atoms with Crippen LogP contribution < -0.4 is 0 Å². The lowest BCUT2D eigenvalue weighted by Crippen LogP contribution is -1.86. The maximum Gasteiger partial charge on any atom is 0.0994 e. The standard InChI is InChI=1S/C9H5BrN2/c10-4-9-3-7(5-11)1-2-8(9)6-12/h1-3H,4H2. The van der Waals surface area contributed by atoms with E-state index in [1.54, 1.807) is 18.2 Å². The molecule has 2 nitrogen and oxygen atoms in total. The molecule has 0 aliphatic rings. The second-order valence-corrected chi connectivity index (χ2v) is 2.79. The van der Waals surface area contributed by atoms with E-state index in [9.17, 15) is 0 Å². The summed E-state index contributed by atoms with van der Waals surface area (Å²) in [5.74, 6) is 0. The molecule has 0 spiro atoms. The molecule has 0 aliphatic carbocycles. The van der Waals surface area contributed by atoms with Crippen LogP contribution in [0.25, 0.3) is 0 Å². The predicted molar refractivity (Wildman–Crippen MR) is 48.5 cm³/mol. The second-order valence-electron chi connectivity index (χ2n) is 2.23. The molecule has 0 N–H and O–H groups in total. The number of alkyl halides is 1. The minimum absolute atomic E-state index is 0.587. The molecular formula is C9H5BrN2. The van der Waals surface area contributed by atoms with Crippen LogP contribution in [0.3, 0.4) is 0 Å². The van der Waals surface area contributed by atoms with Gasteiger partial charge in [0.2, 0.25) is 0 Å². The van der Waals surface area contributed by atoms with Gasteiger partial charge < -0.3 is 0 Å². The average Bonchev–Trinajstić information content (AvgIpc) is 2.16. The molecule has 0 radical (unpaired) electrons. The fourth-order valence-corrected chi connectivity index (χ4v) is 1.35. The molecule has 0 fully saturated rings. The number of rotatable bonds is 1. The number of nitrogens with zero attached hydrogens (tertiary/aromatic N) is 2. The highest BCUT2D eigenvalue weighted by molar-refractivity contribution is 9.08. The van der Waals surface area contributed by atoms with Gasteiger partial charge in [0.1, 0.15) is 0 Å². The molecule has 0 saturated carbocycles. The van der Waals surface area contributed by atoms with Gasteiger partial charge in [0.05, 0.1) is 23.3 Å². The number of nitriles is 2. The van der Waals surface area contributed by atoms with Gasteiger partial charge in [-0.05, 0) is 23.8 Å². The van der Waals surface area contributed by atoms with E-state index in [0.717, 1.165) is 5.56 Å². The number of halogens is 1. The molecule has 0 bridgehead atoms. The van der Waals surface area contributed by atoms with Crippen LogP contribution in [0.4, 0.5) is 0 Å². The molecule has 58 valence electrons. The zero-order chi connectivity index (χ0) is 8.97. The predicted octanol–water partition coefficient (Wildman–Crippen LogP) is 2.32. The first-order valence-electron chi connectivity index (χ1n) is 3.31. The Bertz CT molecular complexity index is 371. The lowest BCUT2D eigenvalue weighted by atomic mass is 10.1. The number of hydrogen-bond donors (Lipinski definition) is 0. The summed E-state index contributed by atoms with van der Waals surface area (Å²) in [6.07, 6.45) is 0. The minimum atomic E-state index is 0.587. The summed E-state index contributed by atoms with van der Waals surface area (Å²) in [4.78, 5) is 0. The first-order chi connectivity index (χ1) is 5.81. The first-order valence-corrected chi connectivity index (χ1v) is 4.43. The van der Waals surface area contributed by atoms with E-state index in [2.05, 4.69) is 22.0 Å². The third kappa shape index (κ3) is 1.64. The fraction of sp³-hybridized carbons (Fsp3) is 0.111. The first kappa shape index (κ1) is 8.77. The lowest BCUT2D eigenvalue weighted by molar-refractivity contribution is 1.35. The van der Waals surface area contributed by atoms with Crippen molar-refractivity contribution in [1.82, 2.24) is 0 Å². The van der Waals surface area contributed by atoms with Crippen molar-refractivity contribution in [3.8, 4) is 12.1 Å². The van der Waals surface area contributed by atoms with Gasteiger partial charge in [-0.3, -0.25) is 0 Å². The average molecular weight is 221 g/mol. The third-order valence-electron chi connectivity index (χ3n) is 1.50. The summed E-state index contributed by atoms with van der Waals surface area (Å²) in [6.45, 7) is 0. The van der Waals surface area contributed by atoms with E-state index in [-0.39, 0.29) is 0 Å². The van der Waals surface area contributed by atoms with Crippen LogP contribution in [0.15, 0.2) is 18.2 Å². The van der Waals surface area contributed by atoms with Crippen LogP contribution in [0.1, 0.15) is 16.7 Å². The van der Waals surface area contributed by atoms with E-state index in [1.807, 2.05) is 6.07 Å². The molecule has 0 unspecified atom stereocenters. The fourth-order valence-electron chi connectivity index (χ4n) is 0.883. The molecule has 0 atom stereocenters. The van der Waals surface area contributed by atoms with Crippen molar-refractivity contribution >= 4 is 15.9 Å². The van der Waals surface area contributed by atoms with Crippen LogP contribution in [0.2, 0.25) is 0 Å². The number of hydrogen-bond acceptors (Lipinski definition) is 2. The Labute approximate surface area is 79.2 Å². The van der Waals surface area contributed by atoms with Crippen LogP contribution in [0.5, 0.6) is 0 Å². The van der Waals surface area contributed by atoms with Gasteiger partial charge in [-0.1, -0.05) is 15.9 Å². The zero-order valence-electron chi connectivity index (χ0n) is 6.21. The molecule has 0 amide bonds. The summed E-state index contributed by atoms with van der Waals surface area (Å²) in [7, 11) is 0. The molecule has 0 saturated heterocycles. The van der Waals surface area contributed by atoms with Gasteiger partial charge in [-0.2, -0.15) is 10.5 Å². The van der Waals surface area contributed by atoms with E-state index in [4.69, 9.17) is 10.5 Å². The zero-order valence-corrected chi connectivity index (χ0v) is 7.80. The van der Waals surface area contributed by atoms with Gasteiger partial charge in [0.25, 0.3) is 0 Å². The van der Waals surface area contributed by atoms with Crippen LogP contribution in [-0.2, 0) is 5.33 Å².